The number of fused-ring (bicyclic) bond motifs is 3. The average molecular weight is 627 g/mol. The number of aryl methyl sites for hydroxylation is 2. The zero-order valence-corrected chi connectivity index (χ0v) is 20.9. The molecule has 3 heterocycles. The summed E-state index contributed by atoms with van der Waals surface area (Å²) in [5, 5.41) is 6.86. The van der Waals surface area contributed by atoms with Crippen molar-refractivity contribution in [1.82, 2.24) is 24.3 Å². The molecule has 6 aromatic rings. The van der Waals surface area contributed by atoms with Crippen LogP contribution in [0.5, 0.6) is 11.5 Å². The number of hydrogen-bond donors (Lipinski definition) is 0. The summed E-state index contributed by atoms with van der Waals surface area (Å²) in [7, 11) is 0. The van der Waals surface area contributed by atoms with Crippen LogP contribution in [0.3, 0.4) is 0 Å². The minimum absolute atomic E-state index is 0. The summed E-state index contributed by atoms with van der Waals surface area (Å²) in [6, 6.07) is 26.3. The van der Waals surface area contributed by atoms with E-state index in [0.29, 0.717) is 5.95 Å². The van der Waals surface area contributed by atoms with Gasteiger partial charge in [-0.1, -0.05) is 24.3 Å². The quantitative estimate of drug-likeness (QED) is 0.235. The van der Waals surface area contributed by atoms with Crippen molar-refractivity contribution in [1.29, 1.82) is 0 Å². The largest absolute Gasteiger partial charge is 0.457 e. The first kappa shape index (κ1) is 22.1. The van der Waals surface area contributed by atoms with E-state index in [1.54, 1.807) is 12.4 Å². The minimum atomic E-state index is 0. The van der Waals surface area contributed by atoms with Crippen molar-refractivity contribution in [3.05, 3.63) is 103 Å². The fourth-order valence-corrected chi connectivity index (χ4v) is 4.34. The van der Waals surface area contributed by atoms with Crippen molar-refractivity contribution in [2.75, 3.05) is 0 Å². The predicted octanol–water partition coefficient (Wildman–Crippen LogP) is 6.17. The second kappa shape index (κ2) is 8.88. The number of hydrogen-bond acceptors (Lipinski definition) is 4. The maximum atomic E-state index is 6.29. The van der Waals surface area contributed by atoms with Gasteiger partial charge >= 0.3 is 0 Å². The summed E-state index contributed by atoms with van der Waals surface area (Å²) in [6.45, 7) is 4.04. The maximum Gasteiger partial charge on any atom is 0.234 e. The molecule has 7 heteroatoms. The number of para-hydroxylation sites is 1. The average Bonchev–Trinajstić information content (AvgIpc) is 3.35. The molecule has 0 fully saturated rings. The normalized spacial score (nSPS) is 11.0. The molecule has 0 unspecified atom stereocenters. The van der Waals surface area contributed by atoms with Crippen molar-refractivity contribution in [3.63, 3.8) is 0 Å². The Kier molecular flexibility index (Phi) is 5.76. The summed E-state index contributed by atoms with van der Waals surface area (Å²) in [5.41, 5.74) is 5.08. The molecule has 170 valence electrons. The number of rotatable bonds is 4. The van der Waals surface area contributed by atoms with Gasteiger partial charge in [0.25, 0.3) is 0 Å². The van der Waals surface area contributed by atoms with Gasteiger partial charge in [0.1, 0.15) is 11.5 Å². The molecule has 3 aromatic carbocycles. The first-order valence-electron chi connectivity index (χ1n) is 10.8. The molecular formula is C27H21N5OPt. The molecule has 0 saturated carbocycles. The zero-order chi connectivity index (χ0) is 22.4. The van der Waals surface area contributed by atoms with Crippen LogP contribution in [0, 0.1) is 13.8 Å². The Hall–Kier alpha value is -3.76. The number of ether oxygens (including phenoxy) is 1. The van der Waals surface area contributed by atoms with Crippen molar-refractivity contribution >= 4 is 21.8 Å². The Morgan fingerprint density at radius 2 is 1.47 bits per heavy atom. The van der Waals surface area contributed by atoms with Crippen LogP contribution in [0.15, 0.2) is 91.3 Å². The summed E-state index contributed by atoms with van der Waals surface area (Å²) in [5.74, 6) is 2.12. The van der Waals surface area contributed by atoms with Crippen LogP contribution in [0.4, 0.5) is 0 Å². The van der Waals surface area contributed by atoms with Gasteiger partial charge < -0.3 is 4.74 Å². The maximum absolute atomic E-state index is 6.29. The van der Waals surface area contributed by atoms with E-state index >= 15 is 0 Å². The van der Waals surface area contributed by atoms with Crippen molar-refractivity contribution < 1.29 is 25.8 Å². The van der Waals surface area contributed by atoms with Crippen molar-refractivity contribution in [2.45, 2.75) is 13.8 Å². The first-order valence-corrected chi connectivity index (χ1v) is 10.8. The summed E-state index contributed by atoms with van der Waals surface area (Å²) in [6.07, 6.45) is 3.52. The van der Waals surface area contributed by atoms with Crippen LogP contribution in [0.1, 0.15) is 11.4 Å². The van der Waals surface area contributed by atoms with Crippen molar-refractivity contribution in [3.8, 4) is 23.1 Å². The Balaban J connectivity index is 0.00000241. The second-order valence-corrected chi connectivity index (χ2v) is 8.02. The van der Waals surface area contributed by atoms with Crippen molar-refractivity contribution in [2.24, 2.45) is 0 Å². The first-order chi connectivity index (χ1) is 16.2. The molecule has 0 radical (unpaired) electrons. The van der Waals surface area contributed by atoms with Gasteiger partial charge in [0, 0.05) is 62.1 Å². The second-order valence-electron chi connectivity index (χ2n) is 8.02. The molecule has 0 saturated heterocycles. The molecule has 6 nitrogen and oxygen atoms in total. The van der Waals surface area contributed by atoms with Gasteiger partial charge in [-0.15, -0.1) is 0 Å². The summed E-state index contributed by atoms with van der Waals surface area (Å²) in [4.78, 5) is 8.98. The molecule has 0 aliphatic carbocycles. The van der Waals surface area contributed by atoms with E-state index in [-0.39, 0.29) is 21.1 Å². The van der Waals surface area contributed by atoms with E-state index in [0.717, 1.165) is 50.4 Å². The van der Waals surface area contributed by atoms with E-state index in [4.69, 9.17) is 4.74 Å². The fourth-order valence-electron chi connectivity index (χ4n) is 4.34. The Morgan fingerprint density at radius 3 is 2.26 bits per heavy atom. The number of nitrogens with zero attached hydrogens (tertiary/aromatic N) is 5. The molecule has 0 bridgehead atoms. The van der Waals surface area contributed by atoms with E-state index in [1.807, 2.05) is 73.1 Å². The molecule has 0 aliphatic heterocycles. The SMILES string of the molecule is Cc1cc(C)n(-c2cccc(Oc3ccc4c5ccccc5n(-c5ncccn5)c4c3)c2)n1.[Pt]. The van der Waals surface area contributed by atoms with Crippen LogP contribution in [-0.2, 0) is 21.1 Å². The van der Waals surface area contributed by atoms with Gasteiger partial charge in [-0.3, -0.25) is 4.57 Å². The van der Waals surface area contributed by atoms with Crippen LogP contribution in [-0.4, -0.2) is 24.3 Å². The predicted molar refractivity (Wildman–Crippen MR) is 129 cm³/mol. The molecule has 0 amide bonds. The zero-order valence-electron chi connectivity index (χ0n) is 18.6. The molecule has 6 rings (SSSR count). The van der Waals surface area contributed by atoms with E-state index in [1.165, 1.54) is 0 Å². The summed E-state index contributed by atoms with van der Waals surface area (Å²) < 4.78 is 10.3. The van der Waals surface area contributed by atoms with Gasteiger partial charge in [0.2, 0.25) is 5.95 Å². The van der Waals surface area contributed by atoms with Gasteiger partial charge in [-0.05, 0) is 56.3 Å². The van der Waals surface area contributed by atoms with Crippen LogP contribution in [0.25, 0.3) is 33.4 Å². The molecule has 0 spiro atoms. The molecule has 0 aliphatic rings. The fraction of sp³-hybridized carbons (Fsp3) is 0.0741. The van der Waals surface area contributed by atoms with Gasteiger partial charge in [0.05, 0.1) is 22.4 Å². The third kappa shape index (κ3) is 3.80. The van der Waals surface area contributed by atoms with Gasteiger partial charge in [-0.2, -0.15) is 5.10 Å². The third-order valence-corrected chi connectivity index (χ3v) is 5.70. The van der Waals surface area contributed by atoms with E-state index in [2.05, 4.69) is 43.9 Å². The van der Waals surface area contributed by atoms with Gasteiger partial charge in [0.15, 0.2) is 0 Å². The Bertz CT molecular complexity index is 1620. The van der Waals surface area contributed by atoms with Gasteiger partial charge in [-0.25, -0.2) is 14.6 Å². The molecule has 3 aromatic heterocycles. The standard InChI is InChI=1S/C27H21N5O.Pt/c1-18-15-19(2)32(30-18)20-7-5-8-21(16-20)33-22-11-12-24-23-9-3-4-10-25(23)31(26(24)17-22)27-28-13-6-14-29-27;/h3-17H,1-2H3;. The van der Waals surface area contributed by atoms with Crippen LogP contribution in [0.2, 0.25) is 0 Å². The monoisotopic (exact) mass is 626 g/mol. The summed E-state index contributed by atoms with van der Waals surface area (Å²) >= 11 is 0. The van der Waals surface area contributed by atoms with Crippen LogP contribution >= 0.6 is 0 Å². The molecule has 34 heavy (non-hydrogen) atoms. The number of benzene rings is 3. The molecule has 0 N–H and O–H groups in total. The third-order valence-electron chi connectivity index (χ3n) is 5.70. The number of aromatic nitrogens is 5. The van der Waals surface area contributed by atoms with Crippen LogP contribution < -0.4 is 4.74 Å². The van der Waals surface area contributed by atoms with E-state index < -0.39 is 0 Å². The minimum Gasteiger partial charge on any atom is -0.457 e. The molecule has 0 atom stereocenters. The van der Waals surface area contributed by atoms with E-state index in [9.17, 15) is 0 Å². The smallest absolute Gasteiger partial charge is 0.234 e. The Labute approximate surface area is 211 Å². The molecular weight excluding hydrogens is 605 g/mol. The Morgan fingerprint density at radius 1 is 0.706 bits per heavy atom. The topological polar surface area (TPSA) is 57.8 Å².